The number of hydrogen-bond acceptors (Lipinski definition) is 11. The molecule has 5 aliphatic heterocycles. The van der Waals surface area contributed by atoms with Gasteiger partial charge in [0.2, 0.25) is 11.8 Å². The molecule has 7 heterocycles. The predicted molar refractivity (Wildman–Crippen MR) is 210 cm³/mol. The zero-order valence-corrected chi connectivity index (χ0v) is 32.8. The predicted octanol–water partition coefficient (Wildman–Crippen LogP) is 4.68. The second kappa shape index (κ2) is 14.2. The lowest BCUT2D eigenvalue weighted by Crippen LogP contribution is -2.70. The highest BCUT2D eigenvalue weighted by atomic mass is 19.3. The van der Waals surface area contributed by atoms with Crippen molar-refractivity contribution in [2.75, 3.05) is 62.2 Å². The second-order valence-corrected chi connectivity index (χ2v) is 17.3. The number of anilines is 2. The number of nitrogens with one attached hydrogen (secondary N) is 2. The average Bonchev–Trinajstić information content (AvgIpc) is 3.61. The van der Waals surface area contributed by atoms with Crippen LogP contribution in [-0.4, -0.2) is 124 Å². The van der Waals surface area contributed by atoms with Crippen LogP contribution < -0.4 is 19.9 Å². The molecule has 2 aromatic carbocycles. The first kappa shape index (κ1) is 37.9. The highest BCUT2D eigenvalue weighted by Crippen LogP contribution is 2.52. The Hall–Kier alpha value is -5.29. The van der Waals surface area contributed by atoms with E-state index in [0.717, 1.165) is 72.6 Å². The maximum absolute atomic E-state index is 15.9. The van der Waals surface area contributed by atoms with Crippen LogP contribution in [0, 0.1) is 11.2 Å². The van der Waals surface area contributed by atoms with E-state index in [1.807, 2.05) is 24.3 Å². The number of fused-ring (bicyclic) bond motifs is 2. The Morgan fingerprint density at radius 3 is 2.51 bits per heavy atom. The van der Waals surface area contributed by atoms with Crippen LogP contribution in [-0.2, 0) is 20.9 Å². The lowest BCUT2D eigenvalue weighted by Gasteiger charge is -2.58. The smallest absolute Gasteiger partial charge is 0.269 e. The summed E-state index contributed by atoms with van der Waals surface area (Å²) in [5.41, 5.74) is 1.49. The summed E-state index contributed by atoms with van der Waals surface area (Å²) in [6, 6.07) is 10.0. The summed E-state index contributed by atoms with van der Waals surface area (Å²) in [4.78, 5) is 53.1. The van der Waals surface area contributed by atoms with E-state index in [-0.39, 0.29) is 74.0 Å². The van der Waals surface area contributed by atoms with Crippen LogP contribution in [0.5, 0.6) is 5.75 Å². The number of likely N-dealkylation sites (tertiary alicyclic amines) is 1. The number of rotatable bonds is 10. The molecule has 3 amide bonds. The fourth-order valence-corrected chi connectivity index (χ4v) is 9.42. The second-order valence-electron chi connectivity index (χ2n) is 17.3. The van der Waals surface area contributed by atoms with E-state index in [9.17, 15) is 14.4 Å². The van der Waals surface area contributed by atoms with Gasteiger partial charge in [0.15, 0.2) is 5.82 Å². The van der Waals surface area contributed by atoms with Crippen LogP contribution >= 0.6 is 0 Å². The van der Waals surface area contributed by atoms with E-state index in [1.54, 1.807) is 16.1 Å². The lowest BCUT2D eigenvalue weighted by atomic mass is 9.69. The molecule has 1 atom stereocenters. The number of aromatic nitrogens is 4. The van der Waals surface area contributed by atoms with Gasteiger partial charge >= 0.3 is 0 Å². The minimum Gasteiger partial charge on any atom is -0.488 e. The van der Waals surface area contributed by atoms with Gasteiger partial charge in [-0.15, -0.1) is 0 Å². The molecule has 4 aromatic rings. The van der Waals surface area contributed by atoms with Crippen molar-refractivity contribution in [1.29, 1.82) is 0 Å². The van der Waals surface area contributed by atoms with Crippen molar-refractivity contribution >= 4 is 40.1 Å². The van der Waals surface area contributed by atoms with Crippen LogP contribution in [0.15, 0.2) is 42.7 Å². The molecule has 310 valence electrons. The number of aromatic amines is 1. The summed E-state index contributed by atoms with van der Waals surface area (Å²) in [5.74, 6) is -3.45. The van der Waals surface area contributed by atoms with Gasteiger partial charge in [-0.2, -0.15) is 5.10 Å². The largest absolute Gasteiger partial charge is 0.488 e. The highest BCUT2D eigenvalue weighted by Gasteiger charge is 2.63. The molecule has 1 spiro atoms. The topological polar surface area (TPSA) is 149 Å². The van der Waals surface area contributed by atoms with Gasteiger partial charge in [0.05, 0.1) is 48.1 Å². The summed E-state index contributed by atoms with van der Waals surface area (Å²) in [5, 5.41) is 10.8. The number of carbonyl (C=O) groups is 3. The van der Waals surface area contributed by atoms with E-state index in [4.69, 9.17) is 9.47 Å². The van der Waals surface area contributed by atoms with E-state index >= 15 is 13.2 Å². The Balaban J connectivity index is 0.696. The number of carbonyl (C=O) groups excluding carboxylic acids is 3. The van der Waals surface area contributed by atoms with Gasteiger partial charge < -0.3 is 24.2 Å². The summed E-state index contributed by atoms with van der Waals surface area (Å²) in [7, 11) is 0. The molecule has 1 aliphatic carbocycles. The number of amides is 3. The number of alkyl halides is 2. The molecular formula is C42H46F3N9O5. The standard InChI is InChI=1S/C42H46F3N9O5/c1-40(10-11-40)59-26-2-4-30-28(18-26)37(50-49-30)31-19-34(47-24-46-31)52-13-8-25(9-14-52)58-17-16-51-15-12-41(42(44,45)23-51)21-53(22-41)32-5-3-27-29(36(32)43)20-54(39(27)57)33-6-7-35(55)48-38(33)56/h2-5,18-19,24-25,33H,6-17,20-23H2,1H3,(H,49,50)(H,48,55,56). The third-order valence-corrected chi connectivity index (χ3v) is 13.3. The number of nitrogens with zero attached hydrogens (tertiary/aromatic N) is 7. The van der Waals surface area contributed by atoms with Gasteiger partial charge in [0.1, 0.15) is 35.2 Å². The van der Waals surface area contributed by atoms with Crippen molar-refractivity contribution in [1.82, 2.24) is 35.3 Å². The normalized spacial score (nSPS) is 23.8. The molecule has 6 aliphatic rings. The molecule has 2 aromatic heterocycles. The first-order valence-corrected chi connectivity index (χ1v) is 20.5. The lowest BCUT2D eigenvalue weighted by molar-refractivity contribution is -0.181. The molecule has 10 rings (SSSR count). The number of ether oxygens (including phenoxy) is 2. The third kappa shape index (κ3) is 6.85. The first-order chi connectivity index (χ1) is 28.4. The minimum absolute atomic E-state index is 0.00493. The fraction of sp³-hybridized carbons (Fsp3) is 0.524. The van der Waals surface area contributed by atoms with Gasteiger partial charge in [-0.05, 0) is 82.3 Å². The number of hydrogen-bond donors (Lipinski definition) is 2. The van der Waals surface area contributed by atoms with Crippen molar-refractivity contribution in [2.45, 2.75) is 82.1 Å². The number of benzene rings is 2. The van der Waals surface area contributed by atoms with Crippen LogP contribution in [0.3, 0.4) is 0 Å². The van der Waals surface area contributed by atoms with E-state index in [2.05, 4.69) is 37.3 Å². The molecular weight excluding hydrogens is 768 g/mol. The molecule has 2 N–H and O–H groups in total. The highest BCUT2D eigenvalue weighted by molar-refractivity contribution is 6.05. The van der Waals surface area contributed by atoms with Gasteiger partial charge in [-0.25, -0.2) is 23.1 Å². The maximum Gasteiger partial charge on any atom is 0.269 e. The van der Waals surface area contributed by atoms with Crippen LogP contribution in [0.4, 0.5) is 24.7 Å². The molecule has 1 unspecified atom stereocenters. The number of piperidine rings is 3. The summed E-state index contributed by atoms with van der Waals surface area (Å²) in [6.07, 6.45) is 5.76. The summed E-state index contributed by atoms with van der Waals surface area (Å²) >= 11 is 0. The molecule has 17 heteroatoms. The summed E-state index contributed by atoms with van der Waals surface area (Å²) < 4.78 is 60.0. The van der Waals surface area contributed by atoms with Crippen molar-refractivity contribution in [3.63, 3.8) is 0 Å². The Bertz CT molecular complexity index is 2340. The first-order valence-electron chi connectivity index (χ1n) is 20.5. The molecule has 0 bridgehead atoms. The SMILES string of the molecule is CC1(Oc2ccc3[nH]nc(-c4cc(N5CCC(OCCN6CCC7(CN(c8ccc9c(c8F)CN(C8CCC(=O)NC8=O)C9=O)C7)C(F)(F)C6)CC5)ncn4)c3c2)CC1. The van der Waals surface area contributed by atoms with Gasteiger partial charge in [-0.3, -0.25) is 29.7 Å². The average molecular weight is 814 g/mol. The number of H-pyrrole nitrogens is 1. The van der Waals surface area contributed by atoms with E-state index in [1.165, 1.54) is 17.0 Å². The fourth-order valence-electron chi connectivity index (χ4n) is 9.42. The van der Waals surface area contributed by atoms with Crippen LogP contribution in [0.2, 0.25) is 0 Å². The number of halogens is 3. The minimum atomic E-state index is -2.98. The van der Waals surface area contributed by atoms with E-state index < -0.39 is 40.9 Å². The quantitative estimate of drug-likeness (QED) is 0.215. The van der Waals surface area contributed by atoms with Gasteiger partial charge in [-0.1, -0.05) is 0 Å². The zero-order chi connectivity index (χ0) is 40.7. The molecule has 5 fully saturated rings. The monoisotopic (exact) mass is 813 g/mol. The van der Waals surface area contributed by atoms with Crippen molar-refractivity contribution in [3.05, 3.63) is 59.7 Å². The Labute approximate surface area is 338 Å². The Kier molecular flexibility index (Phi) is 9.12. The van der Waals surface area contributed by atoms with Crippen molar-refractivity contribution < 1.29 is 37.0 Å². The van der Waals surface area contributed by atoms with E-state index in [0.29, 0.717) is 19.7 Å². The molecule has 1 saturated carbocycles. The van der Waals surface area contributed by atoms with Crippen molar-refractivity contribution in [2.24, 2.45) is 5.41 Å². The summed E-state index contributed by atoms with van der Waals surface area (Å²) in [6.45, 7) is 4.33. The Morgan fingerprint density at radius 2 is 1.75 bits per heavy atom. The third-order valence-electron chi connectivity index (χ3n) is 13.3. The zero-order valence-electron chi connectivity index (χ0n) is 32.8. The molecule has 4 saturated heterocycles. The maximum atomic E-state index is 15.9. The molecule has 0 radical (unpaired) electrons. The van der Waals surface area contributed by atoms with Gasteiger partial charge in [0.25, 0.3) is 11.8 Å². The van der Waals surface area contributed by atoms with Crippen LogP contribution in [0.1, 0.15) is 67.8 Å². The molecule has 14 nitrogen and oxygen atoms in total. The van der Waals surface area contributed by atoms with Crippen molar-refractivity contribution in [3.8, 4) is 17.1 Å². The number of imide groups is 1. The molecule has 59 heavy (non-hydrogen) atoms. The van der Waals surface area contributed by atoms with Crippen LogP contribution in [0.25, 0.3) is 22.3 Å². The van der Waals surface area contributed by atoms with Gasteiger partial charge in [0, 0.05) is 61.7 Å². The Morgan fingerprint density at radius 1 is 0.932 bits per heavy atom.